The molecule has 3 rings (SSSR count). The molecule has 0 heterocycles. The Morgan fingerprint density at radius 1 is 0.684 bits per heavy atom. The van der Waals surface area contributed by atoms with Gasteiger partial charge < -0.3 is 5.32 Å². The van der Waals surface area contributed by atoms with Crippen molar-refractivity contribution in [2.45, 2.75) is 0 Å². The Bertz CT molecular complexity index is 720. The molecule has 1 N–H and O–H groups in total. The van der Waals surface area contributed by atoms with Crippen LogP contribution in [0.25, 0.3) is 10.8 Å². The topological polar surface area (TPSA) is 12.0 Å². The number of halogens is 2. The van der Waals surface area contributed by atoms with Crippen LogP contribution in [0.3, 0.4) is 0 Å². The molecule has 0 aromatic heterocycles. The van der Waals surface area contributed by atoms with Gasteiger partial charge in [-0.15, -0.1) is 0 Å². The van der Waals surface area contributed by atoms with E-state index in [1.165, 1.54) is 10.8 Å². The third-order valence-corrected chi connectivity index (χ3v) is 4.21. The predicted molar refractivity (Wildman–Crippen MR) is 89.1 cm³/mol. The average Bonchev–Trinajstić information content (AvgIpc) is 2.45. The van der Waals surface area contributed by atoms with Gasteiger partial charge in [0.15, 0.2) is 0 Å². The van der Waals surface area contributed by atoms with Crippen LogP contribution in [0.15, 0.2) is 69.6 Å². The molecule has 0 bridgehead atoms. The molecule has 3 heteroatoms. The molecule has 0 spiro atoms. The Kier molecular flexibility index (Phi) is 3.58. The fraction of sp³-hybridized carbons (Fsp3) is 0. The van der Waals surface area contributed by atoms with Gasteiger partial charge in [0.2, 0.25) is 0 Å². The molecule has 0 aliphatic carbocycles. The summed E-state index contributed by atoms with van der Waals surface area (Å²) in [5, 5.41) is 5.88. The first-order valence-corrected chi connectivity index (χ1v) is 7.52. The number of hydrogen-bond donors (Lipinski definition) is 1. The molecule has 1 nitrogen and oxygen atoms in total. The van der Waals surface area contributed by atoms with Gasteiger partial charge in [-0.1, -0.05) is 56.1 Å². The van der Waals surface area contributed by atoms with Crippen molar-refractivity contribution in [3.63, 3.8) is 0 Å². The van der Waals surface area contributed by atoms with Gasteiger partial charge in [0.25, 0.3) is 0 Å². The third kappa shape index (κ3) is 2.67. The molecule has 3 aromatic carbocycles. The van der Waals surface area contributed by atoms with Crippen molar-refractivity contribution >= 4 is 54.0 Å². The zero-order chi connectivity index (χ0) is 13.2. The SMILES string of the molecule is Brc1ccc(Nc2ccc(Br)c3ccccc23)cc1. The standard InChI is InChI=1S/C16H11Br2N/c17-11-5-7-12(8-6-11)19-16-10-9-15(18)13-3-1-2-4-14(13)16/h1-10,19H. The second-order valence-corrected chi connectivity index (χ2v) is 6.04. The van der Waals surface area contributed by atoms with Crippen molar-refractivity contribution in [2.75, 3.05) is 5.32 Å². The van der Waals surface area contributed by atoms with Crippen molar-refractivity contribution in [1.82, 2.24) is 0 Å². The molecule has 94 valence electrons. The van der Waals surface area contributed by atoms with Crippen molar-refractivity contribution in [2.24, 2.45) is 0 Å². The van der Waals surface area contributed by atoms with E-state index in [2.05, 4.69) is 85.7 Å². The lowest BCUT2D eigenvalue weighted by Gasteiger charge is -2.11. The van der Waals surface area contributed by atoms with E-state index in [-0.39, 0.29) is 0 Å². The zero-order valence-electron chi connectivity index (χ0n) is 10.0. The Balaban J connectivity index is 2.06. The van der Waals surface area contributed by atoms with E-state index in [4.69, 9.17) is 0 Å². The summed E-state index contributed by atoms with van der Waals surface area (Å²) in [6.07, 6.45) is 0. The molecule has 19 heavy (non-hydrogen) atoms. The van der Waals surface area contributed by atoms with Crippen molar-refractivity contribution in [1.29, 1.82) is 0 Å². The monoisotopic (exact) mass is 375 g/mol. The highest BCUT2D eigenvalue weighted by Crippen LogP contribution is 2.31. The number of hydrogen-bond acceptors (Lipinski definition) is 1. The summed E-state index contributed by atoms with van der Waals surface area (Å²) in [6, 6.07) is 20.7. The van der Waals surface area contributed by atoms with E-state index in [1.54, 1.807) is 0 Å². The van der Waals surface area contributed by atoms with Crippen LogP contribution in [0.4, 0.5) is 11.4 Å². The maximum Gasteiger partial charge on any atom is 0.0464 e. The molecular formula is C16H11Br2N. The Morgan fingerprint density at radius 2 is 1.37 bits per heavy atom. The zero-order valence-corrected chi connectivity index (χ0v) is 13.2. The summed E-state index contributed by atoms with van der Waals surface area (Å²) in [6.45, 7) is 0. The summed E-state index contributed by atoms with van der Waals surface area (Å²) in [7, 11) is 0. The number of rotatable bonds is 2. The van der Waals surface area contributed by atoms with Gasteiger partial charge in [-0.25, -0.2) is 0 Å². The van der Waals surface area contributed by atoms with Gasteiger partial charge in [-0.2, -0.15) is 0 Å². The fourth-order valence-corrected chi connectivity index (χ4v) is 2.80. The maximum absolute atomic E-state index is 3.59. The van der Waals surface area contributed by atoms with Gasteiger partial charge in [0.1, 0.15) is 0 Å². The molecule has 0 aliphatic heterocycles. The number of benzene rings is 3. The molecule has 0 saturated heterocycles. The normalized spacial score (nSPS) is 10.6. The quantitative estimate of drug-likeness (QED) is 0.569. The average molecular weight is 377 g/mol. The summed E-state index contributed by atoms with van der Waals surface area (Å²) in [5.41, 5.74) is 2.19. The van der Waals surface area contributed by atoms with Crippen LogP contribution in [0.2, 0.25) is 0 Å². The highest BCUT2D eigenvalue weighted by atomic mass is 79.9. The van der Waals surface area contributed by atoms with Crippen molar-refractivity contribution in [3.8, 4) is 0 Å². The molecule has 0 amide bonds. The van der Waals surface area contributed by atoms with E-state index in [0.717, 1.165) is 20.3 Å². The van der Waals surface area contributed by atoms with Gasteiger partial charge >= 0.3 is 0 Å². The molecule has 0 aliphatic rings. The molecule has 0 saturated carbocycles. The van der Waals surface area contributed by atoms with Gasteiger partial charge in [-0.05, 0) is 41.8 Å². The lowest BCUT2D eigenvalue weighted by atomic mass is 10.1. The second kappa shape index (κ2) is 5.35. The van der Waals surface area contributed by atoms with Gasteiger partial charge in [-0.3, -0.25) is 0 Å². The lowest BCUT2D eigenvalue weighted by Crippen LogP contribution is -1.91. The molecule has 3 aromatic rings. The van der Waals surface area contributed by atoms with E-state index < -0.39 is 0 Å². The van der Waals surface area contributed by atoms with Gasteiger partial charge in [0, 0.05) is 25.7 Å². The second-order valence-electron chi connectivity index (χ2n) is 4.27. The fourth-order valence-electron chi connectivity index (χ4n) is 2.06. The van der Waals surface area contributed by atoms with Crippen LogP contribution < -0.4 is 5.32 Å². The number of nitrogens with one attached hydrogen (secondary N) is 1. The molecule has 0 radical (unpaired) electrons. The molecule has 0 unspecified atom stereocenters. The highest BCUT2D eigenvalue weighted by Gasteiger charge is 2.04. The molecule has 0 atom stereocenters. The van der Waals surface area contributed by atoms with Gasteiger partial charge in [0.05, 0.1) is 0 Å². The van der Waals surface area contributed by atoms with E-state index in [9.17, 15) is 0 Å². The van der Waals surface area contributed by atoms with Crippen LogP contribution in [0.5, 0.6) is 0 Å². The van der Waals surface area contributed by atoms with Crippen LogP contribution in [0.1, 0.15) is 0 Å². The Morgan fingerprint density at radius 3 is 2.11 bits per heavy atom. The van der Waals surface area contributed by atoms with Crippen LogP contribution in [-0.4, -0.2) is 0 Å². The molecule has 0 fully saturated rings. The highest BCUT2D eigenvalue weighted by molar-refractivity contribution is 9.11. The first kappa shape index (κ1) is 12.7. The summed E-state index contributed by atoms with van der Waals surface area (Å²) in [4.78, 5) is 0. The summed E-state index contributed by atoms with van der Waals surface area (Å²) < 4.78 is 2.20. The molecular weight excluding hydrogens is 366 g/mol. The lowest BCUT2D eigenvalue weighted by molar-refractivity contribution is 1.55. The Hall–Kier alpha value is -1.32. The summed E-state index contributed by atoms with van der Waals surface area (Å²) >= 11 is 7.04. The minimum absolute atomic E-state index is 1.08. The van der Waals surface area contributed by atoms with Crippen molar-refractivity contribution < 1.29 is 0 Å². The van der Waals surface area contributed by atoms with E-state index in [0.29, 0.717) is 0 Å². The predicted octanol–water partition coefficient (Wildman–Crippen LogP) is 6.11. The van der Waals surface area contributed by atoms with Crippen LogP contribution >= 0.6 is 31.9 Å². The minimum Gasteiger partial charge on any atom is -0.355 e. The van der Waals surface area contributed by atoms with E-state index in [1.807, 2.05) is 12.1 Å². The van der Waals surface area contributed by atoms with Crippen LogP contribution in [-0.2, 0) is 0 Å². The number of fused-ring (bicyclic) bond motifs is 1. The van der Waals surface area contributed by atoms with E-state index >= 15 is 0 Å². The maximum atomic E-state index is 3.59. The Labute approximate surface area is 128 Å². The largest absolute Gasteiger partial charge is 0.355 e. The van der Waals surface area contributed by atoms with Crippen LogP contribution in [0, 0.1) is 0 Å². The van der Waals surface area contributed by atoms with Crippen molar-refractivity contribution in [3.05, 3.63) is 69.6 Å². The minimum atomic E-state index is 1.08. The first-order chi connectivity index (χ1) is 9.24. The first-order valence-electron chi connectivity index (χ1n) is 5.94. The number of anilines is 2. The summed E-state index contributed by atoms with van der Waals surface area (Å²) in [5.74, 6) is 0. The smallest absolute Gasteiger partial charge is 0.0464 e. The third-order valence-electron chi connectivity index (χ3n) is 2.99.